The van der Waals surface area contributed by atoms with E-state index in [2.05, 4.69) is 15.3 Å². The van der Waals surface area contributed by atoms with E-state index >= 15 is 0 Å². The Morgan fingerprint density at radius 1 is 1.04 bits per heavy atom. The highest BCUT2D eigenvalue weighted by atomic mass is 19.1. The zero-order valence-corrected chi connectivity index (χ0v) is 13.8. The number of rotatable bonds is 3. The van der Waals surface area contributed by atoms with Gasteiger partial charge in [0.2, 0.25) is 5.91 Å². The highest BCUT2D eigenvalue weighted by Gasteiger charge is 2.24. The first-order valence-electron chi connectivity index (χ1n) is 7.93. The maximum absolute atomic E-state index is 13.6. The van der Waals surface area contributed by atoms with Gasteiger partial charge in [0, 0.05) is 33.1 Å². The third-order valence-electron chi connectivity index (χ3n) is 4.02. The van der Waals surface area contributed by atoms with E-state index in [4.69, 9.17) is 0 Å². The maximum atomic E-state index is 13.6. The second-order valence-electron chi connectivity index (χ2n) is 5.69. The van der Waals surface area contributed by atoms with Gasteiger partial charge in [-0.2, -0.15) is 0 Å². The number of carbonyl (C=O) groups excluding carboxylic acids is 2. The van der Waals surface area contributed by atoms with Gasteiger partial charge in [-0.15, -0.1) is 0 Å². The van der Waals surface area contributed by atoms with Gasteiger partial charge in [-0.05, 0) is 12.1 Å². The summed E-state index contributed by atoms with van der Waals surface area (Å²) in [6.07, 6.45) is 2.76. The second kappa shape index (κ2) is 7.25. The van der Waals surface area contributed by atoms with Crippen molar-refractivity contribution in [1.29, 1.82) is 0 Å². The molecule has 2 aromatic rings. The van der Waals surface area contributed by atoms with Gasteiger partial charge in [0.05, 0.1) is 18.1 Å². The normalized spacial score (nSPS) is 14.3. The minimum atomic E-state index is -0.396. The van der Waals surface area contributed by atoms with Crippen molar-refractivity contribution >= 4 is 23.3 Å². The Balaban J connectivity index is 1.63. The molecule has 0 spiro atoms. The van der Waals surface area contributed by atoms with Gasteiger partial charge in [0.15, 0.2) is 0 Å². The molecule has 0 unspecified atom stereocenters. The van der Waals surface area contributed by atoms with Crippen LogP contribution in [-0.2, 0) is 4.79 Å². The summed E-state index contributed by atoms with van der Waals surface area (Å²) in [6, 6.07) is 6.23. The lowest BCUT2D eigenvalue weighted by molar-refractivity contribution is -0.130. The van der Waals surface area contributed by atoms with Gasteiger partial charge in [-0.1, -0.05) is 12.1 Å². The monoisotopic (exact) mass is 343 g/mol. The number of benzene rings is 1. The van der Waals surface area contributed by atoms with E-state index in [0.717, 1.165) is 0 Å². The lowest BCUT2D eigenvalue weighted by Crippen LogP contribution is -2.50. The van der Waals surface area contributed by atoms with Crippen molar-refractivity contribution < 1.29 is 14.0 Å². The summed E-state index contributed by atoms with van der Waals surface area (Å²) >= 11 is 0. The number of para-hydroxylation sites is 1. The first-order chi connectivity index (χ1) is 12.0. The average Bonchev–Trinajstić information content (AvgIpc) is 2.64. The van der Waals surface area contributed by atoms with Crippen LogP contribution >= 0.6 is 0 Å². The highest BCUT2D eigenvalue weighted by molar-refractivity contribution is 5.92. The van der Waals surface area contributed by atoms with Gasteiger partial charge in [-0.3, -0.25) is 9.59 Å². The fraction of sp³-hybridized carbons (Fsp3) is 0.294. The molecule has 1 saturated heterocycles. The van der Waals surface area contributed by atoms with Crippen LogP contribution in [0, 0.1) is 5.82 Å². The molecule has 3 rings (SSSR count). The Labute approximate surface area is 144 Å². The molecule has 0 bridgehead atoms. The number of hydrogen-bond acceptors (Lipinski definition) is 5. The van der Waals surface area contributed by atoms with Crippen LogP contribution < -0.4 is 5.32 Å². The van der Waals surface area contributed by atoms with Crippen molar-refractivity contribution in [2.75, 3.05) is 31.5 Å². The summed E-state index contributed by atoms with van der Waals surface area (Å²) < 4.78 is 13.6. The van der Waals surface area contributed by atoms with E-state index in [-0.39, 0.29) is 23.2 Å². The predicted octanol–water partition coefficient (Wildman–Crippen LogP) is 1.66. The largest absolute Gasteiger partial charge is 0.339 e. The van der Waals surface area contributed by atoms with E-state index in [1.165, 1.54) is 25.4 Å². The molecule has 1 N–H and O–H groups in total. The Morgan fingerprint density at radius 3 is 2.32 bits per heavy atom. The topological polar surface area (TPSA) is 78.4 Å². The van der Waals surface area contributed by atoms with Gasteiger partial charge in [-0.25, -0.2) is 14.4 Å². The lowest BCUT2D eigenvalue weighted by atomic mass is 10.2. The molecule has 7 nitrogen and oxygen atoms in total. The zero-order valence-electron chi connectivity index (χ0n) is 13.8. The minimum Gasteiger partial charge on any atom is -0.339 e. The molecular weight excluding hydrogens is 325 g/mol. The van der Waals surface area contributed by atoms with E-state index < -0.39 is 5.82 Å². The molecule has 0 radical (unpaired) electrons. The van der Waals surface area contributed by atoms with E-state index in [1.54, 1.807) is 28.0 Å². The third kappa shape index (κ3) is 3.90. The number of nitrogens with one attached hydrogen (secondary N) is 1. The zero-order chi connectivity index (χ0) is 17.8. The summed E-state index contributed by atoms with van der Waals surface area (Å²) in [7, 11) is 0. The SMILES string of the molecule is CC(=O)N1CCN(C(=O)c2cnc(Nc3ccccc3F)cn2)CC1. The lowest BCUT2D eigenvalue weighted by Gasteiger charge is -2.33. The number of aromatic nitrogens is 2. The van der Waals surface area contributed by atoms with Gasteiger partial charge < -0.3 is 15.1 Å². The first-order valence-corrected chi connectivity index (χ1v) is 7.93. The average molecular weight is 343 g/mol. The molecule has 0 saturated carbocycles. The summed E-state index contributed by atoms with van der Waals surface area (Å²) in [6.45, 7) is 3.48. The van der Waals surface area contributed by atoms with Crippen LogP contribution in [0.5, 0.6) is 0 Å². The standard InChI is InChI=1S/C17H18FN5O2/c1-12(24)22-6-8-23(9-7-22)17(25)15-10-20-16(11-19-15)21-14-5-3-2-4-13(14)18/h2-5,10-11H,6-9H2,1H3,(H,20,21). The van der Waals surface area contributed by atoms with Crippen molar-refractivity contribution in [1.82, 2.24) is 19.8 Å². The molecule has 25 heavy (non-hydrogen) atoms. The van der Waals surface area contributed by atoms with Crippen LogP contribution in [0.2, 0.25) is 0 Å². The van der Waals surface area contributed by atoms with Crippen LogP contribution in [0.25, 0.3) is 0 Å². The summed E-state index contributed by atoms with van der Waals surface area (Å²) in [5.41, 5.74) is 0.506. The highest BCUT2D eigenvalue weighted by Crippen LogP contribution is 2.17. The molecule has 8 heteroatoms. The van der Waals surface area contributed by atoms with E-state index in [1.807, 2.05) is 0 Å². The molecule has 1 aliphatic heterocycles. The second-order valence-corrected chi connectivity index (χ2v) is 5.69. The van der Waals surface area contributed by atoms with Gasteiger partial charge in [0.25, 0.3) is 5.91 Å². The van der Waals surface area contributed by atoms with Crippen LogP contribution in [0.4, 0.5) is 15.9 Å². The summed E-state index contributed by atoms with van der Waals surface area (Å²) in [4.78, 5) is 35.4. The number of hydrogen-bond donors (Lipinski definition) is 1. The molecule has 1 fully saturated rings. The van der Waals surface area contributed by atoms with Crippen molar-refractivity contribution in [3.63, 3.8) is 0 Å². The molecule has 1 aromatic carbocycles. The van der Waals surface area contributed by atoms with Gasteiger partial charge in [0.1, 0.15) is 17.3 Å². The van der Waals surface area contributed by atoms with E-state index in [0.29, 0.717) is 32.0 Å². The van der Waals surface area contributed by atoms with Crippen LogP contribution in [-0.4, -0.2) is 57.8 Å². The Hall–Kier alpha value is -3.03. The quantitative estimate of drug-likeness (QED) is 0.917. The molecule has 2 amide bonds. The van der Waals surface area contributed by atoms with Crippen LogP contribution in [0.3, 0.4) is 0 Å². The Morgan fingerprint density at radius 2 is 1.72 bits per heavy atom. The fourth-order valence-electron chi connectivity index (χ4n) is 2.59. The molecule has 1 aromatic heterocycles. The number of nitrogens with zero attached hydrogens (tertiary/aromatic N) is 4. The van der Waals surface area contributed by atoms with Crippen molar-refractivity contribution in [3.05, 3.63) is 48.2 Å². The first kappa shape index (κ1) is 16.8. The van der Waals surface area contributed by atoms with Crippen LogP contribution in [0.1, 0.15) is 17.4 Å². The Bertz CT molecular complexity index is 773. The number of carbonyl (C=O) groups is 2. The molecule has 0 aliphatic carbocycles. The third-order valence-corrected chi connectivity index (χ3v) is 4.02. The molecule has 130 valence electrons. The number of halogens is 1. The van der Waals surface area contributed by atoms with E-state index in [9.17, 15) is 14.0 Å². The molecule has 1 aliphatic rings. The molecule has 2 heterocycles. The van der Waals surface area contributed by atoms with Crippen molar-refractivity contribution in [2.24, 2.45) is 0 Å². The minimum absolute atomic E-state index is 0.00969. The van der Waals surface area contributed by atoms with Gasteiger partial charge >= 0.3 is 0 Å². The summed E-state index contributed by atoms with van der Waals surface area (Å²) in [5.74, 6) is -0.264. The molecule has 0 atom stereocenters. The van der Waals surface area contributed by atoms with Crippen molar-refractivity contribution in [2.45, 2.75) is 6.92 Å². The number of amides is 2. The fourth-order valence-corrected chi connectivity index (χ4v) is 2.59. The van der Waals surface area contributed by atoms with Crippen LogP contribution in [0.15, 0.2) is 36.7 Å². The maximum Gasteiger partial charge on any atom is 0.274 e. The number of anilines is 2. The Kier molecular flexibility index (Phi) is 4.87. The van der Waals surface area contributed by atoms with Crippen molar-refractivity contribution in [3.8, 4) is 0 Å². The molecular formula is C17H18FN5O2. The predicted molar refractivity (Wildman–Crippen MR) is 89.9 cm³/mol. The summed E-state index contributed by atoms with van der Waals surface area (Å²) in [5, 5.41) is 2.82. The number of piperazine rings is 1. The smallest absolute Gasteiger partial charge is 0.274 e.